The topological polar surface area (TPSA) is 39.2 Å². The van der Waals surface area contributed by atoms with Gasteiger partial charge in [0.05, 0.1) is 5.54 Å². The molecule has 0 saturated carbocycles. The molecule has 0 amide bonds. The van der Waals surface area contributed by atoms with E-state index in [4.69, 9.17) is 11.6 Å². The zero-order valence-electron chi connectivity index (χ0n) is 12.9. The Labute approximate surface area is 130 Å². The summed E-state index contributed by atoms with van der Waals surface area (Å²) in [4.78, 5) is 4.17. The van der Waals surface area contributed by atoms with Gasteiger partial charge in [0.25, 0.3) is 0 Å². The number of pyridine rings is 1. The van der Waals surface area contributed by atoms with Gasteiger partial charge in [-0.2, -0.15) is 0 Å². The highest BCUT2D eigenvalue weighted by atomic mass is 35.5. The smallest absolute Gasteiger partial charge is 0.137 e. The van der Waals surface area contributed by atoms with Crippen LogP contribution in [0.4, 0.5) is 0 Å². The summed E-state index contributed by atoms with van der Waals surface area (Å²) >= 11 is 5.02. The third kappa shape index (κ3) is 2.59. The van der Waals surface area contributed by atoms with Crippen LogP contribution in [0.25, 0.3) is 0 Å². The van der Waals surface area contributed by atoms with Crippen LogP contribution in [0.2, 0.25) is 5.15 Å². The summed E-state index contributed by atoms with van der Waals surface area (Å²) in [5.74, 6) is 0. The number of fused-ring (bicyclic) bond motifs is 1. The molecule has 2 atom stereocenters. The quantitative estimate of drug-likeness (QED) is 0.631. The van der Waals surface area contributed by atoms with Crippen molar-refractivity contribution in [1.82, 2.24) is 9.29 Å². The largest absolute Gasteiger partial charge is 0.597 e. The van der Waals surface area contributed by atoms with Crippen LogP contribution in [0.3, 0.4) is 0 Å². The monoisotopic (exact) mass is 314 g/mol. The van der Waals surface area contributed by atoms with Gasteiger partial charge in [-0.15, -0.1) is 4.31 Å². The molecule has 1 aliphatic carbocycles. The molecule has 5 heteroatoms. The summed E-state index contributed by atoms with van der Waals surface area (Å²) in [6, 6.07) is 1.95. The molecule has 0 aromatic carbocycles. The summed E-state index contributed by atoms with van der Waals surface area (Å²) < 4.78 is 14.6. The molecule has 1 aliphatic rings. The van der Waals surface area contributed by atoms with Crippen LogP contribution in [-0.2, 0) is 23.3 Å². The summed E-state index contributed by atoms with van der Waals surface area (Å²) in [5.41, 5.74) is 2.23. The minimum Gasteiger partial charge on any atom is -0.597 e. The molecule has 2 rings (SSSR count). The van der Waals surface area contributed by atoms with Crippen LogP contribution < -0.4 is 0 Å². The van der Waals surface area contributed by atoms with Crippen LogP contribution in [0.5, 0.6) is 0 Å². The first-order valence-corrected chi connectivity index (χ1v) is 8.51. The molecule has 0 radical (unpaired) electrons. The molecule has 0 spiro atoms. The van der Waals surface area contributed by atoms with Gasteiger partial charge in [0.2, 0.25) is 0 Å². The van der Waals surface area contributed by atoms with E-state index in [0.717, 1.165) is 19.3 Å². The number of halogens is 1. The minimum absolute atomic E-state index is 0.194. The third-order valence-corrected chi connectivity index (χ3v) is 6.32. The summed E-state index contributed by atoms with van der Waals surface area (Å²) in [6.07, 6.45) is 4.72. The van der Waals surface area contributed by atoms with Gasteiger partial charge in [-0.1, -0.05) is 18.5 Å². The van der Waals surface area contributed by atoms with Crippen molar-refractivity contribution in [2.45, 2.75) is 57.2 Å². The molecule has 1 heterocycles. The highest BCUT2D eigenvalue weighted by molar-refractivity contribution is 7.90. The van der Waals surface area contributed by atoms with Crippen molar-refractivity contribution in [3.63, 3.8) is 0 Å². The maximum Gasteiger partial charge on any atom is 0.137 e. The molecule has 20 heavy (non-hydrogen) atoms. The number of hydrogen-bond donors (Lipinski definition) is 0. The molecule has 0 fully saturated rings. The first-order chi connectivity index (χ1) is 9.22. The average Bonchev–Trinajstić information content (AvgIpc) is 2.75. The van der Waals surface area contributed by atoms with Gasteiger partial charge >= 0.3 is 0 Å². The Morgan fingerprint density at radius 2 is 2.15 bits per heavy atom. The lowest BCUT2D eigenvalue weighted by atomic mass is 9.90. The van der Waals surface area contributed by atoms with Crippen molar-refractivity contribution in [2.75, 3.05) is 7.05 Å². The Morgan fingerprint density at radius 1 is 1.50 bits per heavy atom. The number of aryl methyl sites for hydroxylation is 1. The Bertz CT molecular complexity index is 503. The van der Waals surface area contributed by atoms with Crippen molar-refractivity contribution in [1.29, 1.82) is 0 Å². The summed E-state index contributed by atoms with van der Waals surface area (Å²) in [6.45, 7) is 8.19. The predicted molar refractivity (Wildman–Crippen MR) is 85.2 cm³/mol. The van der Waals surface area contributed by atoms with E-state index in [-0.39, 0.29) is 10.3 Å². The lowest BCUT2D eigenvalue weighted by molar-refractivity contribution is 0.204. The van der Waals surface area contributed by atoms with Crippen molar-refractivity contribution in [3.05, 3.63) is 28.5 Å². The van der Waals surface area contributed by atoms with E-state index in [1.807, 2.05) is 44.4 Å². The van der Waals surface area contributed by atoms with Gasteiger partial charge in [0.15, 0.2) is 0 Å². The van der Waals surface area contributed by atoms with Crippen molar-refractivity contribution in [2.24, 2.45) is 0 Å². The second kappa shape index (κ2) is 5.48. The number of hydrogen-bond acceptors (Lipinski definition) is 3. The highest BCUT2D eigenvalue weighted by Gasteiger charge is 2.48. The fourth-order valence-electron chi connectivity index (χ4n) is 3.05. The second-order valence-corrected chi connectivity index (χ2v) is 9.07. The number of aromatic nitrogens is 1. The molecule has 0 N–H and O–H groups in total. The summed E-state index contributed by atoms with van der Waals surface area (Å²) in [5, 5.41) is 0.512. The predicted octanol–water partition coefficient (Wildman–Crippen LogP) is 3.68. The fourth-order valence-corrected chi connectivity index (χ4v) is 4.67. The number of rotatable bonds is 3. The lowest BCUT2D eigenvalue weighted by Gasteiger charge is -2.42. The molecular weight excluding hydrogens is 292 g/mol. The van der Waals surface area contributed by atoms with Crippen molar-refractivity contribution in [3.8, 4) is 0 Å². The molecule has 0 bridgehead atoms. The van der Waals surface area contributed by atoms with E-state index in [0.29, 0.717) is 5.15 Å². The Kier molecular flexibility index (Phi) is 4.41. The van der Waals surface area contributed by atoms with Crippen LogP contribution in [-0.4, -0.2) is 25.6 Å². The molecule has 0 aliphatic heterocycles. The maximum atomic E-state index is 12.8. The van der Waals surface area contributed by atoms with Gasteiger partial charge in [-0.25, -0.2) is 4.98 Å². The first kappa shape index (κ1) is 16.1. The van der Waals surface area contributed by atoms with Gasteiger partial charge in [0, 0.05) is 24.6 Å². The van der Waals surface area contributed by atoms with E-state index in [2.05, 4.69) is 11.9 Å². The van der Waals surface area contributed by atoms with Gasteiger partial charge in [-0.05, 0) is 57.2 Å². The van der Waals surface area contributed by atoms with E-state index in [9.17, 15) is 4.55 Å². The zero-order valence-corrected chi connectivity index (χ0v) is 14.4. The molecule has 2 unspecified atom stereocenters. The SMILES string of the molecule is CCC1(N(C)[S+]([O-])C(C)(C)C)CCc2cnc(Cl)cc21. The summed E-state index contributed by atoms with van der Waals surface area (Å²) in [7, 11) is 1.97. The Morgan fingerprint density at radius 3 is 2.70 bits per heavy atom. The molecule has 112 valence electrons. The average molecular weight is 315 g/mol. The normalized spacial score (nSPS) is 24.0. The standard InChI is InChI=1S/C15H23ClN2OS/c1-6-15(18(5)20(19)14(2,3)4)8-7-11-10-17-13(16)9-12(11)15/h9-10H,6-8H2,1-5H3. The van der Waals surface area contributed by atoms with E-state index < -0.39 is 11.4 Å². The second-order valence-electron chi connectivity index (χ2n) is 6.41. The molecule has 1 aromatic heterocycles. The van der Waals surface area contributed by atoms with Gasteiger partial charge < -0.3 is 4.55 Å². The van der Waals surface area contributed by atoms with Gasteiger partial charge in [-0.3, -0.25) is 0 Å². The van der Waals surface area contributed by atoms with Crippen LogP contribution in [0.1, 0.15) is 51.7 Å². The van der Waals surface area contributed by atoms with Gasteiger partial charge in [0.1, 0.15) is 9.90 Å². The van der Waals surface area contributed by atoms with E-state index >= 15 is 0 Å². The number of nitrogens with zero attached hydrogens (tertiary/aromatic N) is 2. The first-order valence-electron chi connectivity index (χ1n) is 7.03. The molecule has 3 nitrogen and oxygen atoms in total. The fraction of sp³-hybridized carbons (Fsp3) is 0.667. The van der Waals surface area contributed by atoms with E-state index in [1.165, 1.54) is 11.1 Å². The molecule has 0 saturated heterocycles. The molecule has 1 aromatic rings. The molecular formula is C15H23ClN2OS. The Balaban J connectivity index is 2.45. The minimum atomic E-state index is -1.06. The van der Waals surface area contributed by atoms with Crippen LogP contribution in [0, 0.1) is 0 Å². The third-order valence-electron chi connectivity index (χ3n) is 4.22. The zero-order chi connectivity index (χ0) is 15.1. The van der Waals surface area contributed by atoms with E-state index in [1.54, 1.807) is 0 Å². The van der Waals surface area contributed by atoms with Crippen LogP contribution >= 0.6 is 11.6 Å². The Hall–Kier alpha value is -0.290. The lowest BCUT2D eigenvalue weighted by Crippen LogP contribution is -2.51. The highest BCUT2D eigenvalue weighted by Crippen LogP contribution is 2.46. The van der Waals surface area contributed by atoms with Crippen molar-refractivity contribution >= 4 is 23.0 Å². The maximum absolute atomic E-state index is 12.8. The van der Waals surface area contributed by atoms with Crippen molar-refractivity contribution < 1.29 is 4.55 Å². The van der Waals surface area contributed by atoms with Crippen LogP contribution in [0.15, 0.2) is 12.3 Å².